The Hall–Kier alpha value is -1.89. The number of hydrogen-bond donors (Lipinski definition) is 1. The van der Waals surface area contributed by atoms with Gasteiger partial charge in [-0.15, -0.1) is 0 Å². The van der Waals surface area contributed by atoms with Crippen LogP contribution >= 0.6 is 11.3 Å². The van der Waals surface area contributed by atoms with Gasteiger partial charge in [-0.2, -0.15) is 11.3 Å². The van der Waals surface area contributed by atoms with Gasteiger partial charge in [0, 0.05) is 37.1 Å². The molecule has 0 unspecified atom stereocenters. The van der Waals surface area contributed by atoms with Gasteiger partial charge < -0.3 is 15.1 Å². The third-order valence-corrected chi connectivity index (χ3v) is 6.09. The Balaban J connectivity index is 1.48. The molecule has 1 N–H and O–H groups in total. The number of carbonyl (C=O) groups is 3. The zero-order chi connectivity index (χ0) is 18.5. The second-order valence-corrected chi connectivity index (χ2v) is 8.16. The molecule has 0 saturated carbocycles. The largest absolute Gasteiger partial charge is 0.343 e. The van der Waals surface area contributed by atoms with E-state index in [2.05, 4.69) is 12.2 Å². The summed E-state index contributed by atoms with van der Waals surface area (Å²) in [6.07, 6.45) is 3.81. The van der Waals surface area contributed by atoms with Gasteiger partial charge in [0.15, 0.2) is 0 Å². The average Bonchev–Trinajstić information content (AvgIpc) is 3.21. The van der Waals surface area contributed by atoms with E-state index in [1.54, 1.807) is 16.3 Å². The molecule has 0 aromatic carbocycles. The number of hydrogen-bond acceptors (Lipinski definition) is 4. The van der Waals surface area contributed by atoms with Crippen LogP contribution in [0, 0.1) is 11.8 Å². The van der Waals surface area contributed by atoms with Crippen molar-refractivity contribution in [3.63, 3.8) is 0 Å². The van der Waals surface area contributed by atoms with Gasteiger partial charge in [0.25, 0.3) is 5.91 Å². The monoisotopic (exact) mass is 377 g/mol. The van der Waals surface area contributed by atoms with E-state index < -0.39 is 0 Å². The van der Waals surface area contributed by atoms with Gasteiger partial charge >= 0.3 is 0 Å². The molecule has 3 heterocycles. The Morgan fingerprint density at radius 1 is 1.15 bits per heavy atom. The van der Waals surface area contributed by atoms with Crippen LogP contribution < -0.4 is 5.32 Å². The first-order chi connectivity index (χ1) is 12.5. The van der Waals surface area contributed by atoms with E-state index in [0.717, 1.165) is 38.8 Å². The predicted octanol–water partition coefficient (Wildman–Crippen LogP) is 1.97. The van der Waals surface area contributed by atoms with E-state index in [9.17, 15) is 14.4 Å². The Kier molecular flexibility index (Phi) is 6.29. The first-order valence-corrected chi connectivity index (χ1v) is 10.4. The van der Waals surface area contributed by atoms with Crippen molar-refractivity contribution < 1.29 is 14.4 Å². The second kappa shape index (κ2) is 8.66. The Labute approximate surface area is 158 Å². The van der Waals surface area contributed by atoms with E-state index in [1.165, 1.54) is 11.3 Å². The van der Waals surface area contributed by atoms with E-state index in [0.29, 0.717) is 24.6 Å². The number of thiophene rings is 1. The second-order valence-electron chi connectivity index (χ2n) is 7.38. The molecule has 3 rings (SSSR count). The highest BCUT2D eigenvalue weighted by molar-refractivity contribution is 7.08. The lowest BCUT2D eigenvalue weighted by molar-refractivity contribution is -0.141. The number of likely N-dealkylation sites (tertiary alicyclic amines) is 2. The SMILES string of the molecule is CC1CCN(C(=O)[C@@H]2CCCN(C(=O)CNC(=O)c3ccsc3)C2)CC1. The molecule has 0 aliphatic carbocycles. The molecule has 2 fully saturated rings. The van der Waals surface area contributed by atoms with Crippen molar-refractivity contribution in [1.82, 2.24) is 15.1 Å². The van der Waals surface area contributed by atoms with Gasteiger partial charge in [-0.3, -0.25) is 14.4 Å². The molecule has 142 valence electrons. The molecule has 0 radical (unpaired) electrons. The minimum Gasteiger partial charge on any atom is -0.343 e. The summed E-state index contributed by atoms with van der Waals surface area (Å²) < 4.78 is 0. The molecular weight excluding hydrogens is 350 g/mol. The molecule has 1 aromatic heterocycles. The smallest absolute Gasteiger partial charge is 0.252 e. The molecule has 2 aliphatic heterocycles. The predicted molar refractivity (Wildman–Crippen MR) is 101 cm³/mol. The number of carbonyl (C=O) groups excluding carboxylic acids is 3. The lowest BCUT2D eigenvalue weighted by Crippen LogP contribution is -2.50. The summed E-state index contributed by atoms with van der Waals surface area (Å²) in [6.45, 7) is 5.01. The summed E-state index contributed by atoms with van der Waals surface area (Å²) in [6, 6.07) is 1.74. The third-order valence-electron chi connectivity index (χ3n) is 5.40. The van der Waals surface area contributed by atoms with Crippen LogP contribution in [0.1, 0.15) is 43.0 Å². The summed E-state index contributed by atoms with van der Waals surface area (Å²) in [4.78, 5) is 40.9. The first kappa shape index (κ1) is 18.9. The minimum absolute atomic E-state index is 0.0170. The standard InChI is InChI=1S/C19H27N3O3S/c1-14-4-8-21(9-5-14)19(25)15-3-2-7-22(12-15)17(23)11-20-18(24)16-6-10-26-13-16/h6,10,13-15H,2-5,7-9,11-12H2,1H3,(H,20,24)/t15-/m1/s1. The molecule has 2 aliphatic rings. The van der Waals surface area contributed by atoms with Crippen molar-refractivity contribution in [2.45, 2.75) is 32.6 Å². The first-order valence-electron chi connectivity index (χ1n) is 9.41. The minimum atomic E-state index is -0.230. The number of nitrogens with one attached hydrogen (secondary N) is 1. The van der Waals surface area contributed by atoms with Crippen molar-refractivity contribution in [3.05, 3.63) is 22.4 Å². The number of amides is 3. The van der Waals surface area contributed by atoms with Crippen LogP contribution in [0.25, 0.3) is 0 Å². The Morgan fingerprint density at radius 2 is 1.92 bits per heavy atom. The van der Waals surface area contributed by atoms with Gasteiger partial charge in [-0.25, -0.2) is 0 Å². The van der Waals surface area contributed by atoms with Gasteiger partial charge in [0.05, 0.1) is 12.5 Å². The zero-order valence-electron chi connectivity index (χ0n) is 15.3. The van der Waals surface area contributed by atoms with Crippen LogP contribution in [0.5, 0.6) is 0 Å². The molecule has 0 spiro atoms. The van der Waals surface area contributed by atoms with Crippen molar-refractivity contribution >= 4 is 29.1 Å². The molecule has 26 heavy (non-hydrogen) atoms. The van der Waals surface area contributed by atoms with Crippen molar-refractivity contribution in [2.24, 2.45) is 11.8 Å². The molecule has 6 nitrogen and oxygen atoms in total. The van der Waals surface area contributed by atoms with Crippen LogP contribution in [-0.4, -0.2) is 60.2 Å². The average molecular weight is 378 g/mol. The number of nitrogens with zero attached hydrogens (tertiary/aromatic N) is 2. The molecule has 2 saturated heterocycles. The highest BCUT2D eigenvalue weighted by atomic mass is 32.1. The highest BCUT2D eigenvalue weighted by Gasteiger charge is 2.32. The van der Waals surface area contributed by atoms with Crippen LogP contribution in [0.4, 0.5) is 0 Å². The van der Waals surface area contributed by atoms with Crippen LogP contribution in [0.15, 0.2) is 16.8 Å². The van der Waals surface area contributed by atoms with Crippen molar-refractivity contribution in [3.8, 4) is 0 Å². The van der Waals surface area contributed by atoms with Crippen molar-refractivity contribution in [1.29, 1.82) is 0 Å². The lowest BCUT2D eigenvalue weighted by atomic mass is 9.93. The summed E-state index contributed by atoms with van der Waals surface area (Å²) in [5.74, 6) is 0.436. The molecular formula is C19H27N3O3S. The molecule has 0 bridgehead atoms. The Morgan fingerprint density at radius 3 is 2.62 bits per heavy atom. The van der Waals surface area contributed by atoms with E-state index >= 15 is 0 Å². The van der Waals surface area contributed by atoms with Gasteiger partial charge in [0.1, 0.15) is 0 Å². The lowest BCUT2D eigenvalue weighted by Gasteiger charge is -2.37. The quantitative estimate of drug-likeness (QED) is 0.872. The zero-order valence-corrected chi connectivity index (χ0v) is 16.1. The van der Waals surface area contributed by atoms with E-state index in [1.807, 2.05) is 10.3 Å². The Bertz CT molecular complexity index is 638. The van der Waals surface area contributed by atoms with E-state index in [4.69, 9.17) is 0 Å². The summed E-state index contributed by atoms with van der Waals surface area (Å²) in [5, 5.41) is 6.27. The fourth-order valence-electron chi connectivity index (χ4n) is 3.66. The molecule has 1 atom stereocenters. The van der Waals surface area contributed by atoms with Gasteiger partial charge in [-0.05, 0) is 43.0 Å². The van der Waals surface area contributed by atoms with Crippen LogP contribution in [0.2, 0.25) is 0 Å². The maximum atomic E-state index is 12.8. The maximum Gasteiger partial charge on any atom is 0.252 e. The molecule has 7 heteroatoms. The van der Waals surface area contributed by atoms with Crippen LogP contribution in [-0.2, 0) is 9.59 Å². The number of rotatable bonds is 4. The van der Waals surface area contributed by atoms with Crippen LogP contribution in [0.3, 0.4) is 0 Å². The number of piperidine rings is 2. The summed E-state index contributed by atoms with van der Waals surface area (Å²) in [7, 11) is 0. The topological polar surface area (TPSA) is 69.7 Å². The fourth-order valence-corrected chi connectivity index (χ4v) is 4.29. The molecule has 1 aromatic rings. The highest BCUT2D eigenvalue weighted by Crippen LogP contribution is 2.23. The maximum absolute atomic E-state index is 12.8. The van der Waals surface area contributed by atoms with Gasteiger partial charge in [-0.1, -0.05) is 6.92 Å². The summed E-state index contributed by atoms with van der Waals surface area (Å²) >= 11 is 1.45. The normalized spacial score (nSPS) is 21.5. The molecule has 3 amide bonds. The third kappa shape index (κ3) is 4.63. The summed E-state index contributed by atoms with van der Waals surface area (Å²) in [5.41, 5.74) is 0.578. The fraction of sp³-hybridized carbons (Fsp3) is 0.632. The van der Waals surface area contributed by atoms with E-state index in [-0.39, 0.29) is 30.2 Å². The van der Waals surface area contributed by atoms with Gasteiger partial charge in [0.2, 0.25) is 11.8 Å². The van der Waals surface area contributed by atoms with Crippen molar-refractivity contribution in [2.75, 3.05) is 32.7 Å².